The van der Waals surface area contributed by atoms with E-state index in [0.717, 1.165) is 16.1 Å². The van der Waals surface area contributed by atoms with Gasteiger partial charge in [-0.15, -0.1) is 11.3 Å². The van der Waals surface area contributed by atoms with Crippen LogP contribution >= 0.6 is 11.3 Å². The van der Waals surface area contributed by atoms with Crippen LogP contribution in [0.2, 0.25) is 0 Å². The van der Waals surface area contributed by atoms with Gasteiger partial charge in [-0.3, -0.25) is 4.79 Å². The molecule has 6 heteroatoms. The first-order valence-electron chi connectivity index (χ1n) is 5.84. The highest BCUT2D eigenvalue weighted by molar-refractivity contribution is 7.09. The molecule has 0 radical (unpaired) electrons. The summed E-state index contributed by atoms with van der Waals surface area (Å²) in [7, 11) is 0. The molecule has 0 aliphatic heterocycles. The van der Waals surface area contributed by atoms with Crippen molar-refractivity contribution in [2.24, 2.45) is 5.73 Å². The molecule has 4 N–H and O–H groups in total. The number of nitrogens with two attached hydrogens (primary N) is 1. The van der Waals surface area contributed by atoms with Gasteiger partial charge in [-0.25, -0.2) is 4.98 Å². The van der Waals surface area contributed by atoms with Gasteiger partial charge < -0.3 is 16.2 Å². The zero-order valence-electron chi connectivity index (χ0n) is 10.3. The minimum Gasteiger partial charge on any atom is -0.392 e. The second kappa shape index (κ2) is 6.42. The number of hydrogen-bond acceptors (Lipinski definition) is 5. The second-order valence-corrected chi connectivity index (χ2v) is 4.93. The Morgan fingerprint density at radius 1 is 1.42 bits per heavy atom. The highest BCUT2D eigenvalue weighted by Crippen LogP contribution is 2.09. The van der Waals surface area contributed by atoms with E-state index in [4.69, 9.17) is 10.8 Å². The van der Waals surface area contributed by atoms with Crippen LogP contribution < -0.4 is 11.1 Å². The summed E-state index contributed by atoms with van der Waals surface area (Å²) in [6, 6.07) is 7.43. The van der Waals surface area contributed by atoms with E-state index in [1.165, 1.54) is 11.3 Å². The molecule has 0 saturated heterocycles. The normalized spacial score (nSPS) is 10.4. The second-order valence-electron chi connectivity index (χ2n) is 3.99. The molecular formula is C13H15N3O2S. The third-order valence-electron chi connectivity index (χ3n) is 2.59. The fraction of sp³-hybridized carbons (Fsp3) is 0.231. The van der Waals surface area contributed by atoms with E-state index in [0.29, 0.717) is 18.8 Å². The van der Waals surface area contributed by atoms with Crippen LogP contribution in [0.1, 0.15) is 26.6 Å². The number of hydrogen-bond donors (Lipinski definition) is 3. The number of aliphatic hydroxyl groups is 1. The molecule has 0 spiro atoms. The molecule has 19 heavy (non-hydrogen) atoms. The van der Waals surface area contributed by atoms with Gasteiger partial charge in [0.05, 0.1) is 6.61 Å². The van der Waals surface area contributed by atoms with Crippen LogP contribution in [0.3, 0.4) is 0 Å². The van der Waals surface area contributed by atoms with Crippen LogP contribution in [0.4, 0.5) is 0 Å². The Hall–Kier alpha value is -1.76. The molecule has 1 aromatic carbocycles. The Balaban J connectivity index is 1.96. The molecule has 0 bridgehead atoms. The summed E-state index contributed by atoms with van der Waals surface area (Å²) in [5.41, 5.74) is 7.61. The predicted octanol–water partition coefficient (Wildman–Crippen LogP) is 1.02. The van der Waals surface area contributed by atoms with Crippen molar-refractivity contribution in [1.82, 2.24) is 10.3 Å². The smallest absolute Gasteiger partial charge is 0.271 e. The number of rotatable bonds is 5. The number of thiazole rings is 1. The third kappa shape index (κ3) is 3.60. The van der Waals surface area contributed by atoms with Gasteiger partial charge in [-0.2, -0.15) is 0 Å². The van der Waals surface area contributed by atoms with E-state index in [9.17, 15) is 4.79 Å². The van der Waals surface area contributed by atoms with Gasteiger partial charge >= 0.3 is 0 Å². The van der Waals surface area contributed by atoms with E-state index >= 15 is 0 Å². The molecule has 0 unspecified atom stereocenters. The Labute approximate surface area is 115 Å². The van der Waals surface area contributed by atoms with Crippen molar-refractivity contribution >= 4 is 17.2 Å². The van der Waals surface area contributed by atoms with Gasteiger partial charge in [0.25, 0.3) is 5.91 Å². The van der Waals surface area contributed by atoms with Crippen LogP contribution in [-0.2, 0) is 19.7 Å². The molecule has 0 saturated carbocycles. The number of nitrogens with one attached hydrogen (secondary N) is 1. The monoisotopic (exact) mass is 277 g/mol. The first kappa shape index (κ1) is 13.7. The summed E-state index contributed by atoms with van der Waals surface area (Å²) in [5, 5.41) is 14.3. The lowest BCUT2D eigenvalue weighted by atomic mass is 10.1. The minimum atomic E-state index is -0.217. The number of carbonyl (C=O) groups excluding carboxylic acids is 1. The molecular weight excluding hydrogens is 262 g/mol. The zero-order valence-corrected chi connectivity index (χ0v) is 11.1. The van der Waals surface area contributed by atoms with Crippen molar-refractivity contribution in [2.45, 2.75) is 19.7 Å². The molecule has 1 heterocycles. The van der Waals surface area contributed by atoms with E-state index in [2.05, 4.69) is 10.3 Å². The quantitative estimate of drug-likeness (QED) is 0.761. The molecule has 0 aliphatic carbocycles. The lowest BCUT2D eigenvalue weighted by Gasteiger charge is -2.05. The van der Waals surface area contributed by atoms with Crippen molar-refractivity contribution in [3.8, 4) is 0 Å². The summed E-state index contributed by atoms with van der Waals surface area (Å²) < 4.78 is 0. The van der Waals surface area contributed by atoms with E-state index in [1.807, 2.05) is 24.3 Å². The third-order valence-corrected chi connectivity index (χ3v) is 3.46. The molecule has 1 aromatic heterocycles. The highest BCUT2D eigenvalue weighted by Gasteiger charge is 2.09. The van der Waals surface area contributed by atoms with Crippen molar-refractivity contribution in [1.29, 1.82) is 0 Å². The van der Waals surface area contributed by atoms with Crippen LogP contribution in [-0.4, -0.2) is 16.0 Å². The van der Waals surface area contributed by atoms with Gasteiger partial charge in [-0.05, 0) is 11.1 Å². The van der Waals surface area contributed by atoms with Gasteiger partial charge in [0.15, 0.2) is 0 Å². The fourth-order valence-electron chi connectivity index (χ4n) is 1.62. The minimum absolute atomic E-state index is 0.00622. The Bertz CT molecular complexity index is 569. The van der Waals surface area contributed by atoms with E-state index in [-0.39, 0.29) is 12.5 Å². The zero-order chi connectivity index (χ0) is 13.7. The lowest BCUT2D eigenvalue weighted by molar-refractivity contribution is 0.0946. The van der Waals surface area contributed by atoms with Gasteiger partial charge in [-0.1, -0.05) is 24.3 Å². The molecule has 5 nitrogen and oxygen atoms in total. The highest BCUT2D eigenvalue weighted by atomic mass is 32.1. The number of carbonyl (C=O) groups is 1. The van der Waals surface area contributed by atoms with Gasteiger partial charge in [0.1, 0.15) is 10.7 Å². The van der Waals surface area contributed by atoms with Gasteiger partial charge in [0, 0.05) is 18.5 Å². The molecule has 0 atom stereocenters. The maximum absolute atomic E-state index is 11.8. The van der Waals surface area contributed by atoms with E-state index < -0.39 is 0 Å². The fourth-order valence-corrected chi connectivity index (χ4v) is 2.27. The van der Waals surface area contributed by atoms with Crippen molar-refractivity contribution in [2.75, 3.05) is 0 Å². The Morgan fingerprint density at radius 3 is 2.89 bits per heavy atom. The average Bonchev–Trinajstić information content (AvgIpc) is 2.94. The average molecular weight is 277 g/mol. The maximum Gasteiger partial charge on any atom is 0.271 e. The van der Waals surface area contributed by atoms with Crippen molar-refractivity contribution in [3.63, 3.8) is 0 Å². The number of nitrogens with zero attached hydrogens (tertiary/aromatic N) is 1. The first-order valence-corrected chi connectivity index (χ1v) is 6.72. The molecule has 0 fully saturated rings. The maximum atomic E-state index is 11.8. The van der Waals surface area contributed by atoms with Crippen LogP contribution in [0.15, 0.2) is 29.6 Å². The van der Waals surface area contributed by atoms with Crippen LogP contribution in [0.5, 0.6) is 0 Å². The molecule has 2 rings (SSSR count). The number of aromatic nitrogens is 1. The molecule has 100 valence electrons. The standard InChI is InChI=1S/C13H15N3O2S/c14-5-12-16-11(8-19-12)13(18)15-6-9-2-1-3-10(4-9)7-17/h1-4,8,17H,5-7,14H2,(H,15,18). The van der Waals surface area contributed by atoms with Gasteiger partial charge in [0.2, 0.25) is 0 Å². The summed E-state index contributed by atoms with van der Waals surface area (Å²) >= 11 is 1.38. The molecule has 1 amide bonds. The number of benzene rings is 1. The van der Waals surface area contributed by atoms with Crippen LogP contribution in [0.25, 0.3) is 0 Å². The molecule has 2 aromatic rings. The Morgan fingerprint density at radius 2 is 2.21 bits per heavy atom. The molecule has 0 aliphatic rings. The number of aliphatic hydroxyl groups excluding tert-OH is 1. The van der Waals surface area contributed by atoms with Crippen LogP contribution in [0, 0.1) is 0 Å². The van der Waals surface area contributed by atoms with Crippen molar-refractivity contribution in [3.05, 3.63) is 51.5 Å². The first-order chi connectivity index (χ1) is 9.22. The summed E-state index contributed by atoms with van der Waals surface area (Å²) in [4.78, 5) is 16.0. The lowest BCUT2D eigenvalue weighted by Crippen LogP contribution is -2.23. The summed E-state index contributed by atoms with van der Waals surface area (Å²) in [6.07, 6.45) is 0. The SMILES string of the molecule is NCc1nc(C(=O)NCc2cccc(CO)c2)cs1. The van der Waals surface area contributed by atoms with Crippen molar-refractivity contribution < 1.29 is 9.90 Å². The largest absolute Gasteiger partial charge is 0.392 e. The topological polar surface area (TPSA) is 88.2 Å². The van der Waals surface area contributed by atoms with E-state index in [1.54, 1.807) is 5.38 Å². The Kier molecular flexibility index (Phi) is 4.62. The summed E-state index contributed by atoms with van der Waals surface area (Å²) in [5.74, 6) is -0.217. The summed E-state index contributed by atoms with van der Waals surface area (Å²) in [6.45, 7) is 0.742. The number of amides is 1. The predicted molar refractivity (Wildman–Crippen MR) is 73.5 cm³/mol.